The molecule has 2 aromatic carbocycles. The Morgan fingerprint density at radius 1 is 0.947 bits per heavy atom. The standard InChI is InChI=1S/C30H43N7O/c1-38-26-10-11-28-27(20-26)29(34-25-12-15-31-16-13-25)36-30(35-28)33-22-24-8-6-23(7-9-24)21-32-14-5-19-37-17-3-2-4-18-37/h6-11,20,25,31-32H,2-5,12-19,21-22H2,1H3,(H2,33,34,35,36). The first kappa shape index (κ1) is 26.7. The number of piperidine rings is 2. The summed E-state index contributed by atoms with van der Waals surface area (Å²) in [6.07, 6.45) is 7.52. The number of hydrogen-bond donors (Lipinski definition) is 4. The van der Waals surface area contributed by atoms with Crippen LogP contribution in [0.1, 0.15) is 49.7 Å². The van der Waals surface area contributed by atoms with E-state index in [4.69, 9.17) is 14.7 Å². The summed E-state index contributed by atoms with van der Waals surface area (Å²) in [5.41, 5.74) is 3.43. The summed E-state index contributed by atoms with van der Waals surface area (Å²) in [6, 6.07) is 15.2. The number of nitrogens with one attached hydrogen (secondary N) is 4. The second-order valence-corrected chi connectivity index (χ2v) is 10.6. The topological polar surface area (TPSA) is 86.4 Å². The maximum atomic E-state index is 5.46. The van der Waals surface area contributed by atoms with Gasteiger partial charge >= 0.3 is 0 Å². The molecule has 1 aromatic heterocycles. The molecule has 3 heterocycles. The molecule has 4 N–H and O–H groups in total. The fourth-order valence-electron chi connectivity index (χ4n) is 5.38. The Balaban J connectivity index is 1.14. The van der Waals surface area contributed by atoms with Gasteiger partial charge in [-0.1, -0.05) is 30.7 Å². The lowest BCUT2D eigenvalue weighted by Crippen LogP contribution is -2.35. The molecule has 3 aromatic rings. The van der Waals surface area contributed by atoms with Gasteiger partial charge in [0.15, 0.2) is 0 Å². The first-order valence-corrected chi connectivity index (χ1v) is 14.3. The van der Waals surface area contributed by atoms with Crippen LogP contribution >= 0.6 is 0 Å². The highest BCUT2D eigenvalue weighted by molar-refractivity contribution is 5.91. The average molecular weight is 518 g/mol. The van der Waals surface area contributed by atoms with Crippen LogP contribution < -0.4 is 26.0 Å². The minimum atomic E-state index is 0.402. The molecule has 0 spiro atoms. The van der Waals surface area contributed by atoms with E-state index < -0.39 is 0 Å². The van der Waals surface area contributed by atoms with Crippen molar-refractivity contribution in [2.75, 3.05) is 57.0 Å². The predicted molar refractivity (Wildman–Crippen MR) is 156 cm³/mol. The van der Waals surface area contributed by atoms with E-state index in [0.29, 0.717) is 18.5 Å². The van der Waals surface area contributed by atoms with Gasteiger partial charge in [0.25, 0.3) is 0 Å². The van der Waals surface area contributed by atoms with Crippen molar-refractivity contribution in [3.63, 3.8) is 0 Å². The number of nitrogens with zero attached hydrogens (tertiary/aromatic N) is 3. The van der Waals surface area contributed by atoms with E-state index in [1.165, 1.54) is 56.4 Å². The molecule has 204 valence electrons. The summed E-state index contributed by atoms with van der Waals surface area (Å²) >= 11 is 0. The van der Waals surface area contributed by atoms with Gasteiger partial charge in [0.2, 0.25) is 5.95 Å². The molecule has 0 aliphatic carbocycles. The number of anilines is 2. The quantitative estimate of drug-likeness (QED) is 0.264. The highest BCUT2D eigenvalue weighted by atomic mass is 16.5. The van der Waals surface area contributed by atoms with Crippen molar-refractivity contribution in [3.8, 4) is 5.75 Å². The SMILES string of the molecule is COc1ccc2nc(NCc3ccc(CNCCCN4CCCCC4)cc3)nc(NC3CCNCC3)c2c1. The zero-order valence-corrected chi connectivity index (χ0v) is 22.8. The van der Waals surface area contributed by atoms with Gasteiger partial charge in [-0.2, -0.15) is 4.98 Å². The summed E-state index contributed by atoms with van der Waals surface area (Å²) in [4.78, 5) is 12.3. The Kier molecular flexibility index (Phi) is 9.64. The molecule has 5 rings (SSSR count). The molecule has 2 fully saturated rings. The minimum Gasteiger partial charge on any atom is -0.497 e. The Bertz CT molecular complexity index is 1140. The Morgan fingerprint density at radius 2 is 1.71 bits per heavy atom. The van der Waals surface area contributed by atoms with Crippen LogP contribution in [0.15, 0.2) is 42.5 Å². The molecule has 0 bridgehead atoms. The zero-order valence-electron chi connectivity index (χ0n) is 22.8. The van der Waals surface area contributed by atoms with Gasteiger partial charge in [0.05, 0.1) is 12.6 Å². The third-order valence-corrected chi connectivity index (χ3v) is 7.66. The van der Waals surface area contributed by atoms with E-state index in [-0.39, 0.29) is 0 Å². The van der Waals surface area contributed by atoms with E-state index >= 15 is 0 Å². The molecule has 2 aliphatic heterocycles. The molecule has 0 saturated carbocycles. The van der Waals surface area contributed by atoms with Gasteiger partial charge in [-0.05, 0) is 101 Å². The van der Waals surface area contributed by atoms with Crippen molar-refractivity contribution in [3.05, 3.63) is 53.6 Å². The number of ether oxygens (including phenoxy) is 1. The molecular weight excluding hydrogens is 474 g/mol. The fraction of sp³-hybridized carbons (Fsp3) is 0.533. The van der Waals surface area contributed by atoms with Crippen molar-refractivity contribution in [2.24, 2.45) is 0 Å². The van der Waals surface area contributed by atoms with Gasteiger partial charge in [-0.25, -0.2) is 4.98 Å². The highest BCUT2D eigenvalue weighted by Crippen LogP contribution is 2.28. The lowest BCUT2D eigenvalue weighted by Gasteiger charge is -2.26. The summed E-state index contributed by atoms with van der Waals surface area (Å²) in [5.74, 6) is 2.32. The molecule has 0 unspecified atom stereocenters. The smallest absolute Gasteiger partial charge is 0.225 e. The van der Waals surface area contributed by atoms with Crippen molar-refractivity contribution in [1.82, 2.24) is 25.5 Å². The van der Waals surface area contributed by atoms with Gasteiger partial charge in [0.1, 0.15) is 11.6 Å². The number of aromatic nitrogens is 2. The number of fused-ring (bicyclic) bond motifs is 1. The first-order chi connectivity index (χ1) is 18.8. The van der Waals surface area contributed by atoms with Crippen LogP contribution in [0.3, 0.4) is 0 Å². The summed E-state index contributed by atoms with van der Waals surface area (Å²) in [5, 5.41) is 15.1. The lowest BCUT2D eigenvalue weighted by atomic mass is 10.1. The molecule has 38 heavy (non-hydrogen) atoms. The van der Waals surface area contributed by atoms with Crippen LogP contribution in [0.2, 0.25) is 0 Å². The molecule has 0 atom stereocenters. The van der Waals surface area contributed by atoms with E-state index in [9.17, 15) is 0 Å². The summed E-state index contributed by atoms with van der Waals surface area (Å²) in [6.45, 7) is 8.50. The second-order valence-electron chi connectivity index (χ2n) is 10.6. The van der Waals surface area contributed by atoms with E-state index in [0.717, 1.165) is 61.5 Å². The van der Waals surface area contributed by atoms with E-state index in [1.54, 1.807) is 7.11 Å². The number of rotatable bonds is 12. The van der Waals surface area contributed by atoms with Crippen LogP contribution in [0, 0.1) is 0 Å². The van der Waals surface area contributed by atoms with Crippen LogP contribution in [0.4, 0.5) is 11.8 Å². The number of likely N-dealkylation sites (tertiary alicyclic amines) is 1. The zero-order chi connectivity index (χ0) is 26.0. The Hall–Kier alpha value is -2.94. The minimum absolute atomic E-state index is 0.402. The predicted octanol–water partition coefficient (Wildman–Crippen LogP) is 4.38. The third kappa shape index (κ3) is 7.56. The van der Waals surface area contributed by atoms with Gasteiger partial charge < -0.3 is 30.9 Å². The maximum Gasteiger partial charge on any atom is 0.225 e. The van der Waals surface area contributed by atoms with Gasteiger partial charge in [-0.3, -0.25) is 0 Å². The Labute approximate surface area is 227 Å². The maximum absolute atomic E-state index is 5.46. The van der Waals surface area contributed by atoms with Gasteiger partial charge in [0, 0.05) is 24.5 Å². The van der Waals surface area contributed by atoms with Crippen molar-refractivity contribution in [2.45, 2.75) is 57.7 Å². The first-order valence-electron chi connectivity index (χ1n) is 14.3. The van der Waals surface area contributed by atoms with Gasteiger partial charge in [-0.15, -0.1) is 0 Å². The normalized spacial score (nSPS) is 17.0. The highest BCUT2D eigenvalue weighted by Gasteiger charge is 2.16. The largest absolute Gasteiger partial charge is 0.497 e. The lowest BCUT2D eigenvalue weighted by molar-refractivity contribution is 0.225. The van der Waals surface area contributed by atoms with Crippen molar-refractivity contribution < 1.29 is 4.74 Å². The van der Waals surface area contributed by atoms with Crippen LogP contribution in [0.5, 0.6) is 5.75 Å². The molecule has 0 radical (unpaired) electrons. The van der Waals surface area contributed by atoms with Crippen LogP contribution in [0.25, 0.3) is 10.9 Å². The Morgan fingerprint density at radius 3 is 2.47 bits per heavy atom. The molecule has 2 aliphatic rings. The monoisotopic (exact) mass is 517 g/mol. The number of methoxy groups -OCH3 is 1. The van der Waals surface area contributed by atoms with E-state index in [2.05, 4.69) is 50.4 Å². The summed E-state index contributed by atoms with van der Waals surface area (Å²) in [7, 11) is 1.69. The second kappa shape index (κ2) is 13.7. The average Bonchev–Trinajstić information content (AvgIpc) is 2.97. The fourth-order valence-corrected chi connectivity index (χ4v) is 5.38. The molecule has 2 saturated heterocycles. The molecule has 0 amide bonds. The molecule has 8 nitrogen and oxygen atoms in total. The summed E-state index contributed by atoms with van der Waals surface area (Å²) < 4.78 is 5.46. The van der Waals surface area contributed by atoms with Crippen LogP contribution in [-0.2, 0) is 13.1 Å². The van der Waals surface area contributed by atoms with Crippen molar-refractivity contribution in [1.29, 1.82) is 0 Å². The molecular formula is C30H43N7O. The number of hydrogen-bond acceptors (Lipinski definition) is 8. The number of benzene rings is 2. The molecule has 8 heteroatoms. The van der Waals surface area contributed by atoms with Crippen molar-refractivity contribution >= 4 is 22.7 Å². The van der Waals surface area contributed by atoms with Crippen LogP contribution in [-0.4, -0.2) is 67.3 Å². The van der Waals surface area contributed by atoms with E-state index in [1.807, 2.05) is 18.2 Å². The third-order valence-electron chi connectivity index (χ3n) is 7.66.